The SMILES string of the molecule is CCC[C@H]1[C@@H](O)[C@H](C)[C@@H](c2ccccc2)N[C@H]1c1ccccc1. The Morgan fingerprint density at radius 3 is 1.91 bits per heavy atom. The molecule has 5 atom stereocenters. The second-order valence-corrected chi connectivity index (χ2v) is 6.75. The van der Waals surface area contributed by atoms with Crippen molar-refractivity contribution in [2.75, 3.05) is 0 Å². The normalized spacial score (nSPS) is 31.0. The maximum Gasteiger partial charge on any atom is 0.0630 e. The fourth-order valence-corrected chi connectivity index (χ4v) is 3.99. The van der Waals surface area contributed by atoms with Crippen LogP contribution < -0.4 is 5.32 Å². The van der Waals surface area contributed by atoms with E-state index in [2.05, 4.69) is 73.8 Å². The number of benzene rings is 2. The summed E-state index contributed by atoms with van der Waals surface area (Å²) in [5.41, 5.74) is 2.53. The Labute approximate surface area is 139 Å². The standard InChI is InChI=1S/C21H27NO/c1-3-10-18-20(17-13-8-5-9-14-17)22-19(15(2)21(18)23)16-11-6-4-7-12-16/h4-9,11-15,18-23H,3,10H2,1-2H3/t15-,18-,19+,20+,21+/m1/s1. The van der Waals surface area contributed by atoms with Crippen molar-refractivity contribution >= 4 is 0 Å². The Balaban J connectivity index is 1.94. The third-order valence-electron chi connectivity index (χ3n) is 5.23. The predicted molar refractivity (Wildman–Crippen MR) is 95.1 cm³/mol. The van der Waals surface area contributed by atoms with Gasteiger partial charge in [-0.2, -0.15) is 0 Å². The summed E-state index contributed by atoms with van der Waals surface area (Å²) in [6, 6.07) is 21.5. The number of hydrogen-bond acceptors (Lipinski definition) is 2. The molecule has 0 radical (unpaired) electrons. The molecule has 122 valence electrons. The maximum atomic E-state index is 11.0. The Kier molecular flexibility index (Phi) is 5.14. The lowest BCUT2D eigenvalue weighted by atomic mass is 9.72. The lowest BCUT2D eigenvalue weighted by Crippen LogP contribution is -2.49. The highest BCUT2D eigenvalue weighted by atomic mass is 16.3. The monoisotopic (exact) mass is 309 g/mol. The van der Waals surface area contributed by atoms with Gasteiger partial charge in [-0.05, 0) is 17.5 Å². The van der Waals surface area contributed by atoms with Crippen molar-refractivity contribution in [3.8, 4) is 0 Å². The molecule has 0 aliphatic carbocycles. The van der Waals surface area contributed by atoms with E-state index in [1.54, 1.807) is 0 Å². The Morgan fingerprint density at radius 2 is 1.39 bits per heavy atom. The molecule has 1 fully saturated rings. The molecule has 1 aliphatic rings. The Morgan fingerprint density at radius 1 is 0.870 bits per heavy atom. The second kappa shape index (κ2) is 7.29. The summed E-state index contributed by atoms with van der Waals surface area (Å²) in [5.74, 6) is 0.464. The maximum absolute atomic E-state index is 11.0. The van der Waals surface area contributed by atoms with Crippen LogP contribution in [0.3, 0.4) is 0 Å². The first-order valence-electron chi connectivity index (χ1n) is 8.76. The molecule has 2 aromatic carbocycles. The van der Waals surface area contributed by atoms with E-state index >= 15 is 0 Å². The van der Waals surface area contributed by atoms with Crippen LogP contribution in [0.25, 0.3) is 0 Å². The van der Waals surface area contributed by atoms with Gasteiger partial charge in [-0.15, -0.1) is 0 Å². The van der Waals surface area contributed by atoms with Crippen molar-refractivity contribution < 1.29 is 5.11 Å². The van der Waals surface area contributed by atoms with Gasteiger partial charge in [0.25, 0.3) is 0 Å². The van der Waals surface area contributed by atoms with Crippen molar-refractivity contribution in [1.29, 1.82) is 0 Å². The molecular formula is C21H27NO. The third kappa shape index (κ3) is 3.34. The molecule has 1 aliphatic heterocycles. The van der Waals surface area contributed by atoms with E-state index in [-0.39, 0.29) is 30.0 Å². The molecule has 0 amide bonds. The number of hydrogen-bond donors (Lipinski definition) is 2. The number of piperidine rings is 1. The van der Waals surface area contributed by atoms with Gasteiger partial charge in [0.2, 0.25) is 0 Å². The van der Waals surface area contributed by atoms with Gasteiger partial charge in [-0.1, -0.05) is 80.9 Å². The quantitative estimate of drug-likeness (QED) is 0.872. The van der Waals surface area contributed by atoms with Gasteiger partial charge in [0.1, 0.15) is 0 Å². The molecule has 0 unspecified atom stereocenters. The van der Waals surface area contributed by atoms with Crippen molar-refractivity contribution in [2.24, 2.45) is 11.8 Å². The molecule has 0 saturated carbocycles. The lowest BCUT2D eigenvalue weighted by molar-refractivity contribution is -0.0184. The molecule has 0 bridgehead atoms. The summed E-state index contributed by atoms with van der Waals surface area (Å²) < 4.78 is 0. The fourth-order valence-electron chi connectivity index (χ4n) is 3.99. The molecule has 3 rings (SSSR count). The van der Waals surface area contributed by atoms with Crippen LogP contribution in [0.4, 0.5) is 0 Å². The van der Waals surface area contributed by atoms with Crippen molar-refractivity contribution in [1.82, 2.24) is 5.32 Å². The van der Waals surface area contributed by atoms with E-state index in [1.165, 1.54) is 11.1 Å². The second-order valence-electron chi connectivity index (χ2n) is 6.75. The molecule has 2 heteroatoms. The van der Waals surface area contributed by atoms with Crippen LogP contribution in [-0.2, 0) is 0 Å². The van der Waals surface area contributed by atoms with Crippen LogP contribution in [0, 0.1) is 11.8 Å². The molecule has 1 heterocycles. The Hall–Kier alpha value is -1.64. The highest BCUT2D eigenvalue weighted by molar-refractivity contribution is 5.26. The zero-order valence-corrected chi connectivity index (χ0v) is 14.0. The van der Waals surface area contributed by atoms with E-state index < -0.39 is 0 Å². The van der Waals surface area contributed by atoms with E-state index in [0.29, 0.717) is 0 Å². The molecule has 1 saturated heterocycles. The molecular weight excluding hydrogens is 282 g/mol. The van der Waals surface area contributed by atoms with Crippen molar-refractivity contribution in [3.63, 3.8) is 0 Å². The molecule has 2 nitrogen and oxygen atoms in total. The van der Waals surface area contributed by atoms with Crippen LogP contribution in [0.15, 0.2) is 60.7 Å². The number of nitrogens with one attached hydrogen (secondary N) is 1. The summed E-state index contributed by atoms with van der Waals surface area (Å²) in [5, 5.41) is 14.8. The van der Waals surface area contributed by atoms with Gasteiger partial charge in [0.15, 0.2) is 0 Å². The average Bonchev–Trinajstić information content (AvgIpc) is 2.61. The molecule has 2 aromatic rings. The van der Waals surface area contributed by atoms with Crippen molar-refractivity contribution in [2.45, 2.75) is 44.9 Å². The summed E-state index contributed by atoms with van der Waals surface area (Å²) in [4.78, 5) is 0. The highest BCUT2D eigenvalue weighted by Crippen LogP contribution is 2.42. The zero-order chi connectivity index (χ0) is 16.2. The van der Waals surface area contributed by atoms with E-state index in [9.17, 15) is 5.11 Å². The molecule has 0 aromatic heterocycles. The zero-order valence-electron chi connectivity index (χ0n) is 14.0. The van der Waals surface area contributed by atoms with Gasteiger partial charge in [0.05, 0.1) is 6.10 Å². The first kappa shape index (κ1) is 16.2. The van der Waals surface area contributed by atoms with Gasteiger partial charge in [-0.3, -0.25) is 0 Å². The lowest BCUT2D eigenvalue weighted by Gasteiger charge is -2.45. The number of aliphatic hydroxyl groups excluding tert-OH is 1. The van der Waals surface area contributed by atoms with Crippen LogP contribution in [0.1, 0.15) is 49.9 Å². The summed E-state index contributed by atoms with van der Waals surface area (Å²) in [6.07, 6.45) is 1.85. The minimum Gasteiger partial charge on any atom is -0.392 e. The van der Waals surface area contributed by atoms with Crippen LogP contribution in [0.5, 0.6) is 0 Å². The summed E-state index contributed by atoms with van der Waals surface area (Å²) >= 11 is 0. The van der Waals surface area contributed by atoms with Crippen LogP contribution in [-0.4, -0.2) is 11.2 Å². The van der Waals surface area contributed by atoms with Crippen LogP contribution in [0.2, 0.25) is 0 Å². The first-order chi connectivity index (χ1) is 11.2. The van der Waals surface area contributed by atoms with Gasteiger partial charge >= 0.3 is 0 Å². The van der Waals surface area contributed by atoms with E-state index in [1.807, 2.05) is 6.07 Å². The van der Waals surface area contributed by atoms with E-state index in [0.717, 1.165) is 12.8 Å². The summed E-state index contributed by atoms with van der Waals surface area (Å²) in [7, 11) is 0. The highest BCUT2D eigenvalue weighted by Gasteiger charge is 2.41. The van der Waals surface area contributed by atoms with E-state index in [4.69, 9.17) is 0 Å². The minimum absolute atomic E-state index is 0.185. The van der Waals surface area contributed by atoms with Gasteiger partial charge < -0.3 is 10.4 Å². The average molecular weight is 309 g/mol. The third-order valence-corrected chi connectivity index (χ3v) is 5.23. The summed E-state index contributed by atoms with van der Waals surface area (Å²) in [6.45, 7) is 4.36. The minimum atomic E-state index is -0.286. The Bertz CT molecular complexity index is 598. The van der Waals surface area contributed by atoms with Crippen molar-refractivity contribution in [3.05, 3.63) is 71.8 Å². The predicted octanol–water partition coefficient (Wildman–Crippen LogP) is 4.49. The first-order valence-corrected chi connectivity index (χ1v) is 8.76. The van der Waals surface area contributed by atoms with Gasteiger partial charge in [-0.25, -0.2) is 0 Å². The number of aliphatic hydroxyl groups is 1. The largest absolute Gasteiger partial charge is 0.392 e. The molecule has 0 spiro atoms. The smallest absolute Gasteiger partial charge is 0.0630 e. The molecule has 23 heavy (non-hydrogen) atoms. The van der Waals surface area contributed by atoms with Crippen LogP contribution >= 0.6 is 0 Å². The van der Waals surface area contributed by atoms with Gasteiger partial charge in [0, 0.05) is 23.9 Å². The topological polar surface area (TPSA) is 32.3 Å². The number of rotatable bonds is 4. The fraction of sp³-hybridized carbons (Fsp3) is 0.429. The molecule has 2 N–H and O–H groups in total.